The molecule has 0 spiro atoms. The first-order valence-corrected chi connectivity index (χ1v) is 12.9. The Hall–Kier alpha value is -2.76. The van der Waals surface area contributed by atoms with Gasteiger partial charge < -0.3 is 15.0 Å². The average Bonchev–Trinajstić information content (AvgIpc) is 3.37. The molecule has 0 radical (unpaired) electrons. The van der Waals surface area contributed by atoms with E-state index >= 15 is 0 Å². The number of rotatable bonds is 9. The monoisotopic (exact) mass is 512 g/mol. The number of fused-ring (bicyclic) bond motifs is 1. The summed E-state index contributed by atoms with van der Waals surface area (Å²) in [6.45, 7) is 1.97. The highest BCUT2D eigenvalue weighted by Crippen LogP contribution is 2.27. The van der Waals surface area contributed by atoms with Gasteiger partial charge in [0.15, 0.2) is 6.61 Å². The lowest BCUT2D eigenvalue weighted by atomic mass is 10.1. The third kappa shape index (κ3) is 6.28. The highest BCUT2D eigenvalue weighted by Gasteiger charge is 2.31. The van der Waals surface area contributed by atoms with Crippen LogP contribution in [0.3, 0.4) is 0 Å². The van der Waals surface area contributed by atoms with E-state index in [4.69, 9.17) is 27.9 Å². The zero-order chi connectivity index (χ0) is 24.8. The van der Waals surface area contributed by atoms with Crippen LogP contribution < -0.4 is 10.1 Å². The number of halogens is 2. The molecular formula is C28H30Cl2N2O3. The quantitative estimate of drug-likeness (QED) is 0.361. The fourth-order valence-corrected chi connectivity index (χ4v) is 4.99. The molecule has 3 aromatic carbocycles. The van der Waals surface area contributed by atoms with Crippen LogP contribution in [0.4, 0.5) is 0 Å². The average molecular weight is 513 g/mol. The highest BCUT2D eigenvalue weighted by molar-refractivity contribution is 6.42. The predicted octanol–water partition coefficient (Wildman–Crippen LogP) is 6.39. The first-order chi connectivity index (χ1) is 17.0. The van der Waals surface area contributed by atoms with Crippen molar-refractivity contribution in [3.8, 4) is 5.75 Å². The molecule has 0 heterocycles. The van der Waals surface area contributed by atoms with Gasteiger partial charge in [-0.2, -0.15) is 0 Å². The summed E-state index contributed by atoms with van der Waals surface area (Å²) in [5.74, 6) is 0.241. The molecule has 2 amide bonds. The van der Waals surface area contributed by atoms with Crippen LogP contribution in [-0.4, -0.2) is 35.4 Å². The molecule has 0 aliphatic heterocycles. The van der Waals surface area contributed by atoms with E-state index in [9.17, 15) is 9.59 Å². The molecular weight excluding hydrogens is 483 g/mol. The third-order valence-electron chi connectivity index (χ3n) is 6.53. The first kappa shape index (κ1) is 25.3. The summed E-state index contributed by atoms with van der Waals surface area (Å²) >= 11 is 12.3. The zero-order valence-corrected chi connectivity index (χ0v) is 21.3. The lowest BCUT2D eigenvalue weighted by Crippen LogP contribution is -2.52. The molecule has 3 aromatic rings. The lowest BCUT2D eigenvalue weighted by molar-refractivity contribution is -0.143. The second kappa shape index (κ2) is 11.8. The summed E-state index contributed by atoms with van der Waals surface area (Å²) < 4.78 is 5.98. The van der Waals surface area contributed by atoms with Crippen molar-refractivity contribution in [2.45, 2.75) is 57.7 Å². The van der Waals surface area contributed by atoms with Crippen LogP contribution in [-0.2, 0) is 16.1 Å². The number of carbonyl (C=O) groups is 2. The maximum Gasteiger partial charge on any atom is 0.261 e. The molecule has 5 nitrogen and oxygen atoms in total. The Labute approximate surface area is 216 Å². The van der Waals surface area contributed by atoms with Crippen LogP contribution in [0.15, 0.2) is 60.7 Å². The van der Waals surface area contributed by atoms with Gasteiger partial charge in [0.25, 0.3) is 5.91 Å². The van der Waals surface area contributed by atoms with Crippen molar-refractivity contribution in [2.24, 2.45) is 0 Å². The Kier molecular flexibility index (Phi) is 8.53. The molecule has 1 unspecified atom stereocenters. The van der Waals surface area contributed by atoms with Gasteiger partial charge >= 0.3 is 0 Å². The molecule has 1 fully saturated rings. The van der Waals surface area contributed by atoms with Gasteiger partial charge in [-0.15, -0.1) is 0 Å². The molecule has 35 heavy (non-hydrogen) atoms. The van der Waals surface area contributed by atoms with Gasteiger partial charge in [-0.1, -0.05) is 85.4 Å². The molecule has 0 aromatic heterocycles. The second-order valence-corrected chi connectivity index (χ2v) is 9.76. The maximum atomic E-state index is 13.5. The summed E-state index contributed by atoms with van der Waals surface area (Å²) in [4.78, 5) is 28.3. The molecule has 1 aliphatic rings. The number of nitrogens with one attached hydrogen (secondary N) is 1. The van der Waals surface area contributed by atoms with Gasteiger partial charge in [-0.25, -0.2) is 0 Å². The number of hydrogen-bond acceptors (Lipinski definition) is 3. The van der Waals surface area contributed by atoms with E-state index in [1.165, 1.54) is 0 Å². The highest BCUT2D eigenvalue weighted by atomic mass is 35.5. The van der Waals surface area contributed by atoms with Crippen LogP contribution in [0.2, 0.25) is 10.0 Å². The summed E-state index contributed by atoms with van der Waals surface area (Å²) in [6.07, 6.45) is 4.68. The van der Waals surface area contributed by atoms with Gasteiger partial charge in [-0.3, -0.25) is 9.59 Å². The molecule has 7 heteroatoms. The van der Waals surface area contributed by atoms with E-state index in [1.54, 1.807) is 17.0 Å². The van der Waals surface area contributed by atoms with Crippen LogP contribution in [0.25, 0.3) is 10.8 Å². The molecule has 0 bridgehead atoms. The van der Waals surface area contributed by atoms with Crippen molar-refractivity contribution >= 4 is 45.8 Å². The van der Waals surface area contributed by atoms with E-state index in [1.807, 2.05) is 55.5 Å². The van der Waals surface area contributed by atoms with Crippen molar-refractivity contribution in [3.63, 3.8) is 0 Å². The number of nitrogens with zero attached hydrogens (tertiary/aromatic N) is 1. The van der Waals surface area contributed by atoms with Gasteiger partial charge in [0.05, 0.1) is 10.0 Å². The molecule has 1 saturated carbocycles. The topological polar surface area (TPSA) is 58.6 Å². The predicted molar refractivity (Wildman–Crippen MR) is 141 cm³/mol. The third-order valence-corrected chi connectivity index (χ3v) is 7.26. The molecule has 1 N–H and O–H groups in total. The molecule has 184 valence electrons. The van der Waals surface area contributed by atoms with Gasteiger partial charge in [0.2, 0.25) is 5.91 Å². The summed E-state index contributed by atoms with van der Waals surface area (Å²) in [7, 11) is 0. The Morgan fingerprint density at radius 2 is 1.77 bits per heavy atom. The van der Waals surface area contributed by atoms with E-state index in [0.717, 1.165) is 42.0 Å². The standard InChI is InChI=1S/C28H30Cl2N2O3/c1-2-25(28(34)31-21-10-4-5-11-21)32(17-19-14-15-23(29)24(30)16-19)27(33)18-35-26-13-7-9-20-8-3-6-12-22(20)26/h3,6-9,12-16,21,25H,2,4-5,10-11,17-18H2,1H3,(H,31,34). The largest absolute Gasteiger partial charge is 0.483 e. The molecule has 0 saturated heterocycles. The van der Waals surface area contributed by atoms with E-state index in [2.05, 4.69) is 5.32 Å². The van der Waals surface area contributed by atoms with Crippen molar-refractivity contribution in [3.05, 3.63) is 76.3 Å². The number of carbonyl (C=O) groups excluding carboxylic acids is 2. The normalized spacial score (nSPS) is 14.6. The van der Waals surface area contributed by atoms with E-state index < -0.39 is 6.04 Å². The second-order valence-electron chi connectivity index (χ2n) is 8.95. The Balaban J connectivity index is 1.55. The molecule has 4 rings (SSSR count). The molecule has 1 atom stereocenters. The van der Waals surface area contributed by atoms with Gasteiger partial charge in [-0.05, 0) is 48.4 Å². The smallest absolute Gasteiger partial charge is 0.261 e. The van der Waals surface area contributed by atoms with Gasteiger partial charge in [0.1, 0.15) is 11.8 Å². The van der Waals surface area contributed by atoms with Crippen LogP contribution >= 0.6 is 23.2 Å². The Morgan fingerprint density at radius 3 is 2.51 bits per heavy atom. The lowest BCUT2D eigenvalue weighted by Gasteiger charge is -2.31. The Bertz CT molecular complexity index is 1190. The van der Waals surface area contributed by atoms with E-state index in [0.29, 0.717) is 22.2 Å². The van der Waals surface area contributed by atoms with Crippen molar-refractivity contribution in [1.82, 2.24) is 10.2 Å². The summed E-state index contributed by atoms with van der Waals surface area (Å²) in [5, 5.41) is 5.97. The SMILES string of the molecule is CCC(C(=O)NC1CCCC1)N(Cc1ccc(Cl)c(Cl)c1)C(=O)COc1cccc2ccccc12. The van der Waals surface area contributed by atoms with Gasteiger partial charge in [0, 0.05) is 18.0 Å². The van der Waals surface area contributed by atoms with Crippen LogP contribution in [0.5, 0.6) is 5.75 Å². The number of amides is 2. The maximum absolute atomic E-state index is 13.5. The number of ether oxygens (including phenoxy) is 1. The number of benzene rings is 3. The first-order valence-electron chi connectivity index (χ1n) is 12.1. The Morgan fingerprint density at radius 1 is 1.03 bits per heavy atom. The summed E-state index contributed by atoms with van der Waals surface area (Å²) in [6, 6.07) is 18.4. The fourth-order valence-electron chi connectivity index (χ4n) is 4.67. The van der Waals surface area contributed by atoms with E-state index in [-0.39, 0.29) is 31.0 Å². The molecule has 1 aliphatic carbocycles. The van der Waals surface area contributed by atoms with Crippen LogP contribution in [0.1, 0.15) is 44.6 Å². The minimum absolute atomic E-state index is 0.127. The van der Waals surface area contributed by atoms with Crippen molar-refractivity contribution < 1.29 is 14.3 Å². The van der Waals surface area contributed by atoms with Crippen LogP contribution in [0, 0.1) is 0 Å². The minimum Gasteiger partial charge on any atom is -0.483 e. The fraction of sp³-hybridized carbons (Fsp3) is 0.357. The summed E-state index contributed by atoms with van der Waals surface area (Å²) in [5.41, 5.74) is 0.796. The zero-order valence-electron chi connectivity index (χ0n) is 19.8. The van der Waals surface area contributed by atoms with Crippen molar-refractivity contribution in [1.29, 1.82) is 0 Å². The minimum atomic E-state index is -0.617. The van der Waals surface area contributed by atoms with Crippen molar-refractivity contribution in [2.75, 3.05) is 6.61 Å². The number of hydrogen-bond donors (Lipinski definition) is 1.